The molecule has 37 heavy (non-hydrogen) atoms. The lowest BCUT2D eigenvalue weighted by Crippen LogP contribution is -2.29. The molecular weight excluding hydrogens is 502 g/mol. The van der Waals surface area contributed by atoms with Gasteiger partial charge in [-0.3, -0.25) is 23.9 Å². The lowest BCUT2D eigenvalue weighted by atomic mass is 10.1. The van der Waals surface area contributed by atoms with Crippen molar-refractivity contribution in [2.45, 2.75) is 104 Å². The number of hydrogen-bond donors (Lipinski definition) is 2. The van der Waals surface area contributed by atoms with Crippen molar-refractivity contribution < 1.29 is 23.8 Å². The fourth-order valence-corrected chi connectivity index (χ4v) is 3.66. The molecule has 0 saturated heterocycles. The van der Waals surface area contributed by atoms with E-state index in [1.807, 2.05) is 0 Å². The second-order valence-corrected chi connectivity index (χ2v) is 8.95. The van der Waals surface area contributed by atoms with Gasteiger partial charge in [-0.25, -0.2) is 4.98 Å². The number of rotatable bonds is 19. The fourth-order valence-electron chi connectivity index (χ4n) is 3.66. The van der Waals surface area contributed by atoms with Crippen LogP contribution < -0.4 is 11.3 Å². The van der Waals surface area contributed by atoms with Crippen molar-refractivity contribution in [2.24, 2.45) is 0 Å². The van der Waals surface area contributed by atoms with Gasteiger partial charge in [0.15, 0.2) is 11.2 Å². The molecule has 0 aromatic carbocycles. The monoisotopic (exact) mass is 543 g/mol. The molecular formula is C25H42ClN5O6. The minimum absolute atomic E-state index is 0. The number of aromatic nitrogens is 4. The molecule has 2 aromatic heterocycles. The Morgan fingerprint density at radius 2 is 1.49 bits per heavy atom. The van der Waals surface area contributed by atoms with E-state index < -0.39 is 11.7 Å². The third-order valence-electron chi connectivity index (χ3n) is 5.77. The number of unbranched alkanes of at least 4 members (excludes halogenated alkanes) is 8. The second-order valence-electron chi connectivity index (χ2n) is 8.95. The molecule has 2 heterocycles. The molecule has 210 valence electrons. The van der Waals surface area contributed by atoms with Crippen molar-refractivity contribution in [3.8, 4) is 0 Å². The molecule has 0 radical (unpaired) electrons. The molecule has 12 heteroatoms. The summed E-state index contributed by atoms with van der Waals surface area (Å²) in [5, 5.41) is 0. The number of nitrogens with zero attached hydrogens (tertiary/aromatic N) is 3. The number of nitrogens with one attached hydrogen (secondary N) is 1. The zero-order valence-electron chi connectivity index (χ0n) is 22.0. The number of nitrogens with two attached hydrogens (primary N) is 1. The summed E-state index contributed by atoms with van der Waals surface area (Å²) in [6.07, 6.45) is 11.7. The van der Waals surface area contributed by atoms with Gasteiger partial charge in [-0.15, -0.1) is 12.4 Å². The Morgan fingerprint density at radius 1 is 0.946 bits per heavy atom. The van der Waals surface area contributed by atoms with Gasteiger partial charge in [-0.05, 0) is 12.8 Å². The Balaban J connectivity index is 0.00000684. The molecule has 0 saturated carbocycles. The van der Waals surface area contributed by atoms with Gasteiger partial charge in [0.2, 0.25) is 5.95 Å². The highest BCUT2D eigenvalue weighted by atomic mass is 35.5. The van der Waals surface area contributed by atoms with Gasteiger partial charge in [0.1, 0.15) is 26.0 Å². The summed E-state index contributed by atoms with van der Waals surface area (Å²) < 4.78 is 18.2. The first-order chi connectivity index (χ1) is 17.4. The van der Waals surface area contributed by atoms with Crippen LogP contribution in [0.15, 0.2) is 11.1 Å². The Bertz CT molecular complexity index is 966. The highest BCUT2D eigenvalue weighted by Crippen LogP contribution is 2.10. The van der Waals surface area contributed by atoms with Crippen LogP contribution in [0, 0.1) is 0 Å². The van der Waals surface area contributed by atoms with Gasteiger partial charge in [-0.1, -0.05) is 65.2 Å². The number of imidazole rings is 1. The summed E-state index contributed by atoms with van der Waals surface area (Å²) >= 11 is 0. The van der Waals surface area contributed by atoms with Gasteiger partial charge < -0.3 is 19.9 Å². The number of fused-ring (bicyclic) bond motifs is 1. The molecule has 2 aromatic rings. The quantitative estimate of drug-likeness (QED) is 0.195. The van der Waals surface area contributed by atoms with E-state index in [0.717, 1.165) is 64.2 Å². The summed E-state index contributed by atoms with van der Waals surface area (Å²) in [5.74, 6) is -0.653. The molecule has 11 nitrogen and oxygen atoms in total. The van der Waals surface area contributed by atoms with Gasteiger partial charge in [-0.2, -0.15) is 4.98 Å². The maximum absolute atomic E-state index is 12.2. The van der Waals surface area contributed by atoms with Gasteiger partial charge in [0.05, 0.1) is 6.33 Å². The van der Waals surface area contributed by atoms with Crippen LogP contribution in [0.25, 0.3) is 11.2 Å². The van der Waals surface area contributed by atoms with Gasteiger partial charge in [0, 0.05) is 12.8 Å². The summed E-state index contributed by atoms with van der Waals surface area (Å²) in [6, 6.07) is 0. The molecule has 0 spiro atoms. The number of carbonyl (C=O) groups is 2. The number of nitrogen functional groups attached to an aromatic ring is 1. The molecule has 0 fully saturated rings. The molecule has 0 unspecified atom stereocenters. The highest BCUT2D eigenvalue weighted by molar-refractivity contribution is 5.85. The van der Waals surface area contributed by atoms with Crippen molar-refractivity contribution >= 4 is 41.5 Å². The van der Waals surface area contributed by atoms with E-state index in [-0.39, 0.29) is 61.4 Å². The lowest BCUT2D eigenvalue weighted by molar-refractivity contribution is -0.157. The number of aromatic amines is 1. The van der Waals surface area contributed by atoms with E-state index in [1.165, 1.54) is 10.9 Å². The summed E-state index contributed by atoms with van der Waals surface area (Å²) in [5.41, 5.74) is 5.59. The van der Waals surface area contributed by atoms with Crippen molar-refractivity contribution in [1.82, 2.24) is 19.5 Å². The summed E-state index contributed by atoms with van der Waals surface area (Å²) in [6.45, 7) is 4.13. The summed E-state index contributed by atoms with van der Waals surface area (Å²) in [7, 11) is 0. The molecule has 2 rings (SSSR count). The number of carbonyl (C=O) groups excluding carboxylic acids is 2. The molecule has 0 atom stereocenters. The molecule has 0 aliphatic carbocycles. The topological polar surface area (TPSA) is 151 Å². The Kier molecular flexibility index (Phi) is 16.2. The van der Waals surface area contributed by atoms with Crippen LogP contribution in [0.2, 0.25) is 0 Å². The maximum Gasteiger partial charge on any atom is 0.305 e. The van der Waals surface area contributed by atoms with Crippen LogP contribution in [-0.4, -0.2) is 50.8 Å². The standard InChI is InChI=1S/C25H41N5O6.ClH/c1-3-5-7-9-11-13-20(31)34-15-19(16-35-21(32)14-12-10-8-6-4-2)36-18-30-17-27-22-23(30)28-25(26)29-24(22)33;/h17,19H,3-16,18H2,1-2H3,(H3,26,28,29,33);1H. The fraction of sp³-hybridized carbons (Fsp3) is 0.720. The first-order valence-electron chi connectivity index (χ1n) is 13.1. The van der Waals surface area contributed by atoms with E-state index in [9.17, 15) is 14.4 Å². The zero-order valence-corrected chi connectivity index (χ0v) is 22.9. The SMILES string of the molecule is CCCCCCCC(=O)OCC(COC(=O)CCCCCCC)OCn1cnc2c(=O)[nH]c(N)nc21.Cl. The van der Waals surface area contributed by atoms with Gasteiger partial charge in [0.25, 0.3) is 5.56 Å². The summed E-state index contributed by atoms with van der Waals surface area (Å²) in [4.78, 5) is 46.9. The van der Waals surface area contributed by atoms with Crippen LogP contribution in [0.5, 0.6) is 0 Å². The number of halogens is 1. The van der Waals surface area contributed by atoms with Crippen molar-refractivity contribution in [2.75, 3.05) is 18.9 Å². The third kappa shape index (κ3) is 12.4. The smallest absolute Gasteiger partial charge is 0.305 e. The van der Waals surface area contributed by atoms with Crippen molar-refractivity contribution in [3.05, 3.63) is 16.7 Å². The number of anilines is 1. The lowest BCUT2D eigenvalue weighted by Gasteiger charge is -2.18. The number of ether oxygens (including phenoxy) is 3. The minimum Gasteiger partial charge on any atom is -0.463 e. The van der Waals surface area contributed by atoms with E-state index in [0.29, 0.717) is 12.8 Å². The van der Waals surface area contributed by atoms with Gasteiger partial charge >= 0.3 is 11.9 Å². The number of H-pyrrole nitrogens is 1. The van der Waals surface area contributed by atoms with E-state index in [1.54, 1.807) is 0 Å². The molecule has 0 aliphatic rings. The maximum atomic E-state index is 12.2. The minimum atomic E-state index is -0.685. The van der Waals surface area contributed by atoms with E-state index >= 15 is 0 Å². The largest absolute Gasteiger partial charge is 0.463 e. The molecule has 0 aliphatic heterocycles. The van der Waals surface area contributed by atoms with Crippen molar-refractivity contribution in [1.29, 1.82) is 0 Å². The Hall–Kier alpha value is -2.66. The Morgan fingerprint density at radius 3 is 2.03 bits per heavy atom. The normalized spacial score (nSPS) is 11.0. The molecule has 3 N–H and O–H groups in total. The first kappa shape index (κ1) is 32.4. The molecule has 0 bridgehead atoms. The number of hydrogen-bond acceptors (Lipinski definition) is 9. The van der Waals surface area contributed by atoms with Crippen molar-refractivity contribution in [3.63, 3.8) is 0 Å². The predicted octanol–water partition coefficient (Wildman–Crippen LogP) is 4.27. The van der Waals surface area contributed by atoms with Crippen LogP contribution >= 0.6 is 12.4 Å². The Labute approximate surface area is 224 Å². The highest BCUT2D eigenvalue weighted by Gasteiger charge is 2.17. The van der Waals surface area contributed by atoms with Crippen LogP contribution in [-0.2, 0) is 30.5 Å². The third-order valence-corrected chi connectivity index (χ3v) is 5.77. The predicted molar refractivity (Wildman–Crippen MR) is 143 cm³/mol. The number of esters is 2. The van der Waals surface area contributed by atoms with Crippen LogP contribution in [0.4, 0.5) is 5.95 Å². The average Bonchev–Trinajstić information content (AvgIpc) is 3.26. The second kappa shape index (κ2) is 18.6. The van der Waals surface area contributed by atoms with Crippen LogP contribution in [0.3, 0.4) is 0 Å². The average molecular weight is 544 g/mol. The van der Waals surface area contributed by atoms with E-state index in [2.05, 4.69) is 28.8 Å². The zero-order chi connectivity index (χ0) is 26.2. The van der Waals surface area contributed by atoms with E-state index in [4.69, 9.17) is 19.9 Å². The molecule has 0 amide bonds. The van der Waals surface area contributed by atoms with Crippen LogP contribution in [0.1, 0.15) is 90.9 Å². The first-order valence-corrected chi connectivity index (χ1v) is 13.1.